The number of sulfonamides is 1. The minimum Gasteiger partial charge on any atom is -0.464 e. The Labute approximate surface area is 170 Å². The Kier molecular flexibility index (Phi) is 6.46. The highest BCUT2D eigenvalue weighted by atomic mass is 32.2. The minimum absolute atomic E-state index is 0.0485. The van der Waals surface area contributed by atoms with Crippen LogP contribution in [0, 0.1) is 0 Å². The Hall–Kier alpha value is -2.97. The summed E-state index contributed by atoms with van der Waals surface area (Å²) in [6.07, 6.45) is 2.42. The Balaban J connectivity index is 1.84. The van der Waals surface area contributed by atoms with Crippen LogP contribution in [0.1, 0.15) is 18.4 Å². The number of nitrogens with zero attached hydrogens (tertiary/aromatic N) is 1. The molecule has 1 atom stereocenters. The van der Waals surface area contributed by atoms with Crippen LogP contribution in [-0.4, -0.2) is 44.3 Å². The molecule has 152 valence electrons. The average molecular weight is 414 g/mol. The van der Waals surface area contributed by atoms with Gasteiger partial charge in [-0.05, 0) is 36.6 Å². The molecule has 0 unspecified atom stereocenters. The molecular formula is C21H22N2O5S. The second-order valence-corrected chi connectivity index (χ2v) is 8.43. The lowest BCUT2D eigenvalue weighted by molar-refractivity contribution is -0.138. The van der Waals surface area contributed by atoms with Crippen molar-refractivity contribution in [3.05, 3.63) is 71.9 Å². The first kappa shape index (κ1) is 20.8. The molecule has 0 radical (unpaired) electrons. The number of amides is 1. The van der Waals surface area contributed by atoms with E-state index >= 15 is 0 Å². The SMILES string of the molecule is COC(=O)/C(=C/c1ccccc1)NC(=O)[C@@H]1CCCN1S(=O)(=O)c1ccccc1. The molecule has 1 saturated heterocycles. The summed E-state index contributed by atoms with van der Waals surface area (Å²) in [5.41, 5.74) is 0.654. The molecule has 0 aliphatic carbocycles. The van der Waals surface area contributed by atoms with Crippen molar-refractivity contribution < 1.29 is 22.7 Å². The first-order valence-electron chi connectivity index (χ1n) is 9.16. The van der Waals surface area contributed by atoms with E-state index in [-0.39, 0.29) is 17.1 Å². The number of ether oxygens (including phenoxy) is 1. The van der Waals surface area contributed by atoms with Gasteiger partial charge >= 0.3 is 5.97 Å². The molecule has 7 nitrogen and oxygen atoms in total. The molecule has 3 rings (SSSR count). The van der Waals surface area contributed by atoms with Crippen molar-refractivity contribution in [1.29, 1.82) is 0 Å². The minimum atomic E-state index is -3.82. The van der Waals surface area contributed by atoms with Crippen LogP contribution in [0.4, 0.5) is 0 Å². The lowest BCUT2D eigenvalue weighted by atomic mass is 10.1. The van der Waals surface area contributed by atoms with Crippen LogP contribution in [0.3, 0.4) is 0 Å². The highest BCUT2D eigenvalue weighted by molar-refractivity contribution is 7.89. The van der Waals surface area contributed by atoms with Gasteiger partial charge in [0.2, 0.25) is 15.9 Å². The summed E-state index contributed by atoms with van der Waals surface area (Å²) in [5, 5.41) is 2.55. The predicted molar refractivity (Wildman–Crippen MR) is 108 cm³/mol. The molecule has 8 heteroatoms. The van der Waals surface area contributed by atoms with Gasteiger partial charge in [0, 0.05) is 6.54 Å². The maximum absolute atomic E-state index is 13.0. The van der Waals surface area contributed by atoms with Crippen LogP contribution in [0.15, 0.2) is 71.3 Å². The van der Waals surface area contributed by atoms with E-state index in [0.717, 1.165) is 0 Å². The van der Waals surface area contributed by atoms with Gasteiger partial charge in [-0.25, -0.2) is 13.2 Å². The molecule has 1 heterocycles. The Morgan fingerprint density at radius 2 is 1.69 bits per heavy atom. The van der Waals surface area contributed by atoms with E-state index in [0.29, 0.717) is 18.4 Å². The summed E-state index contributed by atoms with van der Waals surface area (Å²) >= 11 is 0. The van der Waals surface area contributed by atoms with Crippen molar-refractivity contribution in [2.75, 3.05) is 13.7 Å². The number of methoxy groups -OCH3 is 1. The number of carbonyl (C=O) groups is 2. The van der Waals surface area contributed by atoms with E-state index in [4.69, 9.17) is 4.74 Å². The Morgan fingerprint density at radius 1 is 1.07 bits per heavy atom. The molecule has 1 amide bonds. The smallest absolute Gasteiger partial charge is 0.354 e. The zero-order chi connectivity index (χ0) is 20.9. The Morgan fingerprint density at radius 3 is 2.31 bits per heavy atom. The lowest BCUT2D eigenvalue weighted by Crippen LogP contribution is -2.46. The molecule has 0 spiro atoms. The van der Waals surface area contributed by atoms with Gasteiger partial charge in [0.05, 0.1) is 12.0 Å². The zero-order valence-electron chi connectivity index (χ0n) is 15.9. The number of hydrogen-bond donors (Lipinski definition) is 1. The van der Waals surface area contributed by atoms with Gasteiger partial charge in [-0.3, -0.25) is 4.79 Å². The van der Waals surface area contributed by atoms with Crippen LogP contribution in [-0.2, 0) is 24.3 Å². The number of carbonyl (C=O) groups excluding carboxylic acids is 2. The van der Waals surface area contributed by atoms with Crippen LogP contribution >= 0.6 is 0 Å². The topological polar surface area (TPSA) is 92.8 Å². The van der Waals surface area contributed by atoms with Gasteiger partial charge in [-0.1, -0.05) is 48.5 Å². The third-order valence-corrected chi connectivity index (χ3v) is 6.55. The standard InChI is InChI=1S/C21H22N2O5S/c1-28-21(25)18(15-16-9-4-2-5-10-16)22-20(24)19-13-8-14-23(19)29(26,27)17-11-6-3-7-12-17/h2-7,9-12,15,19H,8,13-14H2,1H3,(H,22,24)/b18-15-/t19-/m0/s1. The van der Waals surface area contributed by atoms with E-state index in [1.54, 1.807) is 42.5 Å². The molecule has 1 fully saturated rings. The van der Waals surface area contributed by atoms with Gasteiger partial charge in [-0.2, -0.15) is 4.31 Å². The predicted octanol–water partition coefficient (Wildman–Crippen LogP) is 2.17. The molecule has 29 heavy (non-hydrogen) atoms. The van der Waals surface area contributed by atoms with E-state index in [9.17, 15) is 18.0 Å². The van der Waals surface area contributed by atoms with Gasteiger partial charge < -0.3 is 10.1 Å². The number of benzene rings is 2. The van der Waals surface area contributed by atoms with E-state index in [1.165, 1.54) is 29.6 Å². The molecule has 1 aliphatic heterocycles. The fraction of sp³-hybridized carbons (Fsp3) is 0.238. The fourth-order valence-electron chi connectivity index (χ4n) is 3.21. The first-order chi connectivity index (χ1) is 13.9. The molecule has 0 bridgehead atoms. The third-order valence-electron chi connectivity index (χ3n) is 4.63. The quantitative estimate of drug-likeness (QED) is 0.578. The summed E-state index contributed by atoms with van der Waals surface area (Å²) in [5.74, 6) is -1.27. The van der Waals surface area contributed by atoms with Gasteiger partial charge in [0.1, 0.15) is 11.7 Å². The lowest BCUT2D eigenvalue weighted by Gasteiger charge is -2.23. The second-order valence-electron chi connectivity index (χ2n) is 6.54. The van der Waals surface area contributed by atoms with Crippen molar-refractivity contribution in [2.45, 2.75) is 23.8 Å². The van der Waals surface area contributed by atoms with Crippen LogP contribution in [0.25, 0.3) is 6.08 Å². The number of esters is 1. The largest absolute Gasteiger partial charge is 0.464 e. The molecule has 1 aliphatic rings. The van der Waals surface area contributed by atoms with Crippen molar-refractivity contribution in [2.24, 2.45) is 0 Å². The number of rotatable bonds is 6. The summed E-state index contributed by atoms with van der Waals surface area (Å²) in [6, 6.07) is 16.1. The first-order valence-corrected chi connectivity index (χ1v) is 10.6. The van der Waals surface area contributed by atoms with E-state index < -0.39 is 27.9 Å². The monoisotopic (exact) mass is 414 g/mol. The maximum Gasteiger partial charge on any atom is 0.354 e. The summed E-state index contributed by atoms with van der Waals surface area (Å²) in [7, 11) is -2.60. The van der Waals surface area contributed by atoms with Crippen molar-refractivity contribution >= 4 is 28.0 Å². The fourth-order valence-corrected chi connectivity index (χ4v) is 4.88. The third kappa shape index (κ3) is 4.72. The van der Waals surface area contributed by atoms with Crippen molar-refractivity contribution in [3.8, 4) is 0 Å². The van der Waals surface area contributed by atoms with E-state index in [1.807, 2.05) is 6.07 Å². The summed E-state index contributed by atoms with van der Waals surface area (Å²) in [4.78, 5) is 25.2. The normalized spacial score (nSPS) is 17.7. The molecule has 2 aromatic rings. The van der Waals surface area contributed by atoms with Gasteiger partial charge in [0.15, 0.2) is 0 Å². The molecule has 0 aromatic heterocycles. The Bertz CT molecular complexity index is 1000. The molecule has 1 N–H and O–H groups in total. The van der Waals surface area contributed by atoms with Crippen molar-refractivity contribution in [3.63, 3.8) is 0 Å². The van der Waals surface area contributed by atoms with Gasteiger partial charge in [-0.15, -0.1) is 0 Å². The van der Waals surface area contributed by atoms with Gasteiger partial charge in [0.25, 0.3) is 0 Å². The van der Waals surface area contributed by atoms with E-state index in [2.05, 4.69) is 5.32 Å². The molecule has 2 aromatic carbocycles. The summed E-state index contributed by atoms with van der Waals surface area (Å²) < 4.78 is 31.9. The highest BCUT2D eigenvalue weighted by Gasteiger charge is 2.39. The van der Waals surface area contributed by atoms with Crippen LogP contribution in [0.5, 0.6) is 0 Å². The summed E-state index contributed by atoms with van der Waals surface area (Å²) in [6.45, 7) is 0.241. The van der Waals surface area contributed by atoms with Crippen molar-refractivity contribution in [1.82, 2.24) is 9.62 Å². The average Bonchev–Trinajstić information content (AvgIpc) is 3.25. The highest BCUT2D eigenvalue weighted by Crippen LogP contribution is 2.26. The maximum atomic E-state index is 13.0. The molecule has 0 saturated carbocycles. The zero-order valence-corrected chi connectivity index (χ0v) is 16.8. The number of nitrogens with one attached hydrogen (secondary N) is 1. The second kappa shape index (κ2) is 9.02. The van der Waals surface area contributed by atoms with Crippen LogP contribution in [0.2, 0.25) is 0 Å². The van der Waals surface area contributed by atoms with Crippen LogP contribution < -0.4 is 5.32 Å². The molecular weight excluding hydrogens is 392 g/mol. The number of hydrogen-bond acceptors (Lipinski definition) is 5.